The maximum absolute atomic E-state index is 12.4. The van der Waals surface area contributed by atoms with Gasteiger partial charge in [0.15, 0.2) is 0 Å². The van der Waals surface area contributed by atoms with Crippen LogP contribution in [0.5, 0.6) is 17.2 Å². The van der Waals surface area contributed by atoms with Gasteiger partial charge in [0.2, 0.25) is 0 Å². The summed E-state index contributed by atoms with van der Waals surface area (Å²) in [4.78, 5) is 23.7. The van der Waals surface area contributed by atoms with Crippen LogP contribution in [-0.4, -0.2) is 25.0 Å². The van der Waals surface area contributed by atoms with Crippen molar-refractivity contribution in [2.24, 2.45) is 0 Å². The monoisotopic (exact) mass is 487 g/mol. The normalized spacial score (nSPS) is 14.2. The Morgan fingerprint density at radius 2 is 1.82 bits per heavy atom. The maximum atomic E-state index is 12.4. The van der Waals surface area contributed by atoms with Gasteiger partial charge in [-0.1, -0.05) is 41.9 Å². The number of carbonyl (C=O) groups is 2. The predicted molar refractivity (Wildman–Crippen MR) is 123 cm³/mol. The Morgan fingerprint density at radius 3 is 2.53 bits per heavy atom. The molecule has 34 heavy (non-hydrogen) atoms. The zero-order chi connectivity index (χ0) is 23.2. The van der Waals surface area contributed by atoms with E-state index in [-0.39, 0.29) is 47.1 Å². The molecular weight excluding hydrogens is 465 g/mol. The van der Waals surface area contributed by atoms with Crippen molar-refractivity contribution < 1.29 is 53.7 Å². The molecule has 1 aliphatic heterocycles. The van der Waals surface area contributed by atoms with Gasteiger partial charge in [0.1, 0.15) is 17.2 Å². The molecule has 3 aromatic carbocycles. The van der Waals surface area contributed by atoms with Crippen LogP contribution in [0.15, 0.2) is 66.7 Å². The third kappa shape index (κ3) is 6.54. The third-order valence-corrected chi connectivity index (χ3v) is 5.80. The van der Waals surface area contributed by atoms with Crippen molar-refractivity contribution >= 4 is 23.5 Å². The van der Waals surface area contributed by atoms with E-state index in [0.29, 0.717) is 41.3 Å². The van der Waals surface area contributed by atoms with Gasteiger partial charge in [-0.2, -0.15) is 0 Å². The number of hydrogen-bond donors (Lipinski definition) is 1. The van der Waals surface area contributed by atoms with Gasteiger partial charge in [0.05, 0.1) is 11.6 Å². The number of aryl methyl sites for hydroxylation is 1. The molecule has 4 rings (SSSR count). The molecule has 0 aromatic heterocycles. The molecule has 1 amide bonds. The van der Waals surface area contributed by atoms with Crippen molar-refractivity contribution in [1.82, 2.24) is 5.32 Å². The maximum Gasteiger partial charge on any atom is 1.00 e. The third-order valence-electron chi connectivity index (χ3n) is 5.50. The van der Waals surface area contributed by atoms with Crippen LogP contribution >= 0.6 is 11.6 Å². The minimum absolute atomic E-state index is 0. The number of halogens is 1. The van der Waals surface area contributed by atoms with E-state index < -0.39 is 11.9 Å². The molecule has 1 unspecified atom stereocenters. The molecule has 0 bridgehead atoms. The van der Waals surface area contributed by atoms with Crippen molar-refractivity contribution in [3.63, 3.8) is 0 Å². The average molecular weight is 488 g/mol. The average Bonchev–Trinajstić information content (AvgIpc) is 2.83. The minimum atomic E-state index is -1.15. The fourth-order valence-corrected chi connectivity index (χ4v) is 3.97. The molecule has 170 valence electrons. The number of hydrogen-bond acceptors (Lipinski definition) is 5. The van der Waals surface area contributed by atoms with Gasteiger partial charge in [-0.05, 0) is 55.2 Å². The molecule has 1 heterocycles. The summed E-state index contributed by atoms with van der Waals surface area (Å²) in [5, 5.41) is 14.6. The van der Waals surface area contributed by atoms with E-state index in [2.05, 4.69) is 17.4 Å². The summed E-state index contributed by atoms with van der Waals surface area (Å²) in [6.45, 7) is 0.867. The fourth-order valence-electron chi connectivity index (χ4n) is 3.76. The van der Waals surface area contributed by atoms with E-state index in [1.807, 2.05) is 18.2 Å². The second-order valence-corrected chi connectivity index (χ2v) is 8.21. The first-order valence-corrected chi connectivity index (χ1v) is 11.2. The SMILES string of the molecule is O=C(NCCCc1ccccc1)c1ccc(Oc2cc3c(cc2Cl)C(C(=O)[O-])CCO3)cc1.[Na+]. The van der Waals surface area contributed by atoms with Crippen molar-refractivity contribution in [2.75, 3.05) is 13.2 Å². The fraction of sp³-hybridized carbons (Fsp3) is 0.231. The first-order chi connectivity index (χ1) is 16.0. The number of carboxylic acids is 1. The molecule has 0 radical (unpaired) electrons. The summed E-state index contributed by atoms with van der Waals surface area (Å²) in [5.74, 6) is -0.814. The number of nitrogens with one attached hydrogen (secondary N) is 1. The predicted octanol–water partition coefficient (Wildman–Crippen LogP) is 1.11. The van der Waals surface area contributed by atoms with E-state index in [0.717, 1.165) is 12.8 Å². The smallest absolute Gasteiger partial charge is 0.549 e. The zero-order valence-corrected chi connectivity index (χ0v) is 21.6. The van der Waals surface area contributed by atoms with E-state index in [4.69, 9.17) is 21.1 Å². The number of rotatable bonds is 8. The van der Waals surface area contributed by atoms with Crippen molar-refractivity contribution in [2.45, 2.75) is 25.2 Å². The van der Waals surface area contributed by atoms with Crippen LogP contribution in [0.4, 0.5) is 0 Å². The van der Waals surface area contributed by atoms with E-state index in [1.54, 1.807) is 36.4 Å². The summed E-state index contributed by atoms with van der Waals surface area (Å²) in [6.07, 6.45) is 2.10. The molecule has 6 nitrogen and oxygen atoms in total. The zero-order valence-electron chi connectivity index (χ0n) is 18.9. The summed E-state index contributed by atoms with van der Waals surface area (Å²) >= 11 is 6.32. The number of benzene rings is 3. The molecule has 3 aromatic rings. The molecule has 0 aliphatic carbocycles. The molecular formula is C26H23ClNNaO5. The first-order valence-electron chi connectivity index (χ1n) is 10.8. The van der Waals surface area contributed by atoms with E-state index >= 15 is 0 Å². The van der Waals surface area contributed by atoms with Crippen LogP contribution in [0.25, 0.3) is 0 Å². The number of fused-ring (bicyclic) bond motifs is 1. The van der Waals surface area contributed by atoms with Crippen LogP contribution in [0, 0.1) is 0 Å². The molecule has 0 spiro atoms. The summed E-state index contributed by atoms with van der Waals surface area (Å²) in [6, 6.07) is 20.0. The Hall–Kier alpha value is -2.51. The molecule has 0 saturated heterocycles. The van der Waals surface area contributed by atoms with Crippen molar-refractivity contribution in [3.05, 3.63) is 88.4 Å². The van der Waals surface area contributed by atoms with Crippen LogP contribution < -0.4 is 49.5 Å². The van der Waals surface area contributed by atoms with E-state index in [9.17, 15) is 14.7 Å². The summed E-state index contributed by atoms with van der Waals surface area (Å²) in [5.41, 5.74) is 2.26. The van der Waals surface area contributed by atoms with Crippen LogP contribution in [0.2, 0.25) is 5.02 Å². The number of amides is 1. The number of carbonyl (C=O) groups excluding carboxylic acids is 2. The van der Waals surface area contributed by atoms with Gasteiger partial charge in [-0.15, -0.1) is 0 Å². The van der Waals surface area contributed by atoms with Crippen LogP contribution in [0.3, 0.4) is 0 Å². The first kappa shape index (κ1) is 26.1. The van der Waals surface area contributed by atoms with Gasteiger partial charge in [-0.3, -0.25) is 4.79 Å². The molecule has 1 aliphatic rings. The number of aliphatic carboxylic acids is 1. The Balaban J connectivity index is 0.00000324. The standard InChI is InChI=1S/C26H24ClNO5.Na/c27-22-15-21-20(26(30)31)12-14-32-23(21)16-24(22)33-19-10-8-18(9-11-19)25(29)28-13-4-7-17-5-2-1-3-6-17;/h1-3,5-6,8-11,15-16,20H,4,7,12-14H2,(H,28,29)(H,30,31);/q;+1/p-1. The number of ether oxygens (including phenoxy) is 2. The van der Waals surface area contributed by atoms with Gasteiger partial charge < -0.3 is 24.7 Å². The Kier molecular flexibility index (Phi) is 9.42. The summed E-state index contributed by atoms with van der Waals surface area (Å²) in [7, 11) is 0. The van der Waals surface area contributed by atoms with E-state index in [1.165, 1.54) is 5.56 Å². The van der Waals surface area contributed by atoms with Gasteiger partial charge in [0, 0.05) is 35.6 Å². The topological polar surface area (TPSA) is 87.7 Å². The number of carboxylic acid groups (broad SMARTS) is 1. The van der Waals surface area contributed by atoms with Crippen LogP contribution in [0.1, 0.15) is 40.2 Å². The van der Waals surface area contributed by atoms with Gasteiger partial charge in [-0.25, -0.2) is 0 Å². The Morgan fingerprint density at radius 1 is 1.09 bits per heavy atom. The van der Waals surface area contributed by atoms with Crippen molar-refractivity contribution in [3.8, 4) is 17.2 Å². The minimum Gasteiger partial charge on any atom is -0.549 e. The molecule has 0 fully saturated rings. The second kappa shape index (κ2) is 12.3. The largest absolute Gasteiger partial charge is 1.00 e. The molecule has 1 N–H and O–H groups in total. The van der Waals surface area contributed by atoms with Crippen LogP contribution in [-0.2, 0) is 11.2 Å². The molecule has 8 heteroatoms. The molecule has 1 atom stereocenters. The molecule has 0 saturated carbocycles. The van der Waals surface area contributed by atoms with Gasteiger partial charge in [0.25, 0.3) is 5.91 Å². The second-order valence-electron chi connectivity index (χ2n) is 7.80. The van der Waals surface area contributed by atoms with Gasteiger partial charge >= 0.3 is 29.6 Å². The summed E-state index contributed by atoms with van der Waals surface area (Å²) < 4.78 is 11.4. The van der Waals surface area contributed by atoms with Crippen molar-refractivity contribution in [1.29, 1.82) is 0 Å². The Bertz CT molecular complexity index is 1140. The Labute approximate surface area is 225 Å². The quantitative estimate of drug-likeness (QED) is 0.380.